The van der Waals surface area contributed by atoms with Crippen molar-refractivity contribution < 1.29 is 16.8 Å². The van der Waals surface area contributed by atoms with Crippen LogP contribution in [-0.2, 0) is 19.9 Å². The van der Waals surface area contributed by atoms with E-state index in [1.807, 2.05) is 0 Å². The first-order chi connectivity index (χ1) is 8.27. The van der Waals surface area contributed by atoms with Crippen LogP contribution in [0, 0.1) is 0 Å². The number of nitrogens with one attached hydrogen (secondary N) is 1. The summed E-state index contributed by atoms with van der Waals surface area (Å²) in [5.74, 6) is 0. The largest absolute Gasteiger partial charge is 0.330 e. The van der Waals surface area contributed by atoms with E-state index in [4.69, 9.17) is 5.73 Å². The normalized spacial score (nSPS) is 11.9. The molecule has 0 radical (unpaired) electrons. The monoisotopic (exact) mass is 328 g/mol. The van der Waals surface area contributed by atoms with E-state index in [-0.39, 0.29) is 28.7 Å². The fraction of sp³-hybridized carbons (Fsp3) is 0.400. The van der Waals surface area contributed by atoms with Gasteiger partial charge >= 0.3 is 0 Å². The quantitative estimate of drug-likeness (QED) is 0.722. The lowest BCUT2D eigenvalue weighted by Gasteiger charge is -2.07. The van der Waals surface area contributed by atoms with Crippen molar-refractivity contribution in [3.05, 3.63) is 24.3 Å². The van der Waals surface area contributed by atoms with Gasteiger partial charge in [0.2, 0.25) is 10.0 Å². The van der Waals surface area contributed by atoms with Crippen molar-refractivity contribution in [2.45, 2.75) is 16.2 Å². The lowest BCUT2D eigenvalue weighted by Crippen LogP contribution is -2.26. The first-order valence-corrected chi connectivity index (χ1v) is 8.65. The zero-order chi connectivity index (χ0) is 13.8. The first kappa shape index (κ1) is 18.3. The summed E-state index contributed by atoms with van der Waals surface area (Å²) in [7, 11) is -7.11. The molecule has 0 fully saturated rings. The van der Waals surface area contributed by atoms with Gasteiger partial charge in [-0.15, -0.1) is 12.4 Å². The molecule has 0 bridgehead atoms. The van der Waals surface area contributed by atoms with E-state index in [1.165, 1.54) is 18.2 Å². The molecule has 19 heavy (non-hydrogen) atoms. The molecular formula is C10H17ClN2O4S2. The standard InChI is InChI=1S/C10H16N2O4S2.ClH/c1-17(13,14)9-4-2-5-10(8-9)18(15,16)12-7-3-6-11;/h2,4-5,8,12H,3,6-7,11H2,1H3;1H. The predicted molar refractivity (Wildman–Crippen MR) is 75.7 cm³/mol. The lowest BCUT2D eigenvalue weighted by molar-refractivity contribution is 0.579. The molecule has 0 atom stereocenters. The SMILES string of the molecule is CS(=O)(=O)c1cccc(S(=O)(=O)NCCCN)c1.Cl. The second-order valence-corrected chi connectivity index (χ2v) is 7.57. The Hall–Kier alpha value is -0.670. The second-order valence-electron chi connectivity index (χ2n) is 3.79. The molecule has 0 saturated heterocycles. The Morgan fingerprint density at radius 1 is 1.16 bits per heavy atom. The molecule has 3 N–H and O–H groups in total. The zero-order valence-electron chi connectivity index (χ0n) is 10.4. The number of sulfone groups is 1. The number of hydrogen-bond donors (Lipinski definition) is 2. The van der Waals surface area contributed by atoms with Crippen LogP contribution in [0.25, 0.3) is 0 Å². The summed E-state index contributed by atoms with van der Waals surface area (Å²) in [6.45, 7) is 0.605. The van der Waals surface area contributed by atoms with Crippen molar-refractivity contribution in [1.82, 2.24) is 4.72 Å². The smallest absolute Gasteiger partial charge is 0.240 e. The molecule has 1 rings (SSSR count). The molecular weight excluding hydrogens is 312 g/mol. The van der Waals surface area contributed by atoms with E-state index in [0.717, 1.165) is 12.3 Å². The fourth-order valence-corrected chi connectivity index (χ4v) is 3.12. The third kappa shape index (κ3) is 5.45. The van der Waals surface area contributed by atoms with Crippen LogP contribution in [0.15, 0.2) is 34.1 Å². The van der Waals surface area contributed by atoms with E-state index < -0.39 is 19.9 Å². The Morgan fingerprint density at radius 3 is 2.26 bits per heavy atom. The summed E-state index contributed by atoms with van der Waals surface area (Å²) in [4.78, 5) is -0.0911. The van der Waals surface area contributed by atoms with E-state index in [1.54, 1.807) is 0 Å². The molecule has 0 aliphatic rings. The van der Waals surface area contributed by atoms with E-state index in [9.17, 15) is 16.8 Å². The molecule has 0 amide bonds. The molecule has 0 unspecified atom stereocenters. The van der Waals surface area contributed by atoms with Crippen molar-refractivity contribution >= 4 is 32.3 Å². The highest BCUT2D eigenvalue weighted by molar-refractivity contribution is 7.91. The van der Waals surface area contributed by atoms with Crippen LogP contribution in [0.1, 0.15) is 6.42 Å². The minimum atomic E-state index is -3.69. The summed E-state index contributed by atoms with van der Waals surface area (Å²) < 4.78 is 48.7. The third-order valence-corrected chi connectivity index (χ3v) is 4.79. The Morgan fingerprint density at radius 2 is 1.74 bits per heavy atom. The summed E-state index contributed by atoms with van der Waals surface area (Å²) in [5.41, 5.74) is 5.26. The average Bonchev–Trinajstić information content (AvgIpc) is 2.28. The van der Waals surface area contributed by atoms with Gasteiger partial charge in [0.05, 0.1) is 9.79 Å². The number of sulfonamides is 1. The maximum atomic E-state index is 11.8. The van der Waals surface area contributed by atoms with Crippen LogP contribution >= 0.6 is 12.4 Å². The number of halogens is 1. The maximum absolute atomic E-state index is 11.8. The highest BCUT2D eigenvalue weighted by Gasteiger charge is 2.16. The molecule has 110 valence electrons. The molecule has 0 aliphatic carbocycles. The Bertz CT molecular complexity index is 614. The average molecular weight is 329 g/mol. The van der Waals surface area contributed by atoms with Crippen LogP contribution in [0.5, 0.6) is 0 Å². The zero-order valence-corrected chi connectivity index (χ0v) is 12.8. The van der Waals surface area contributed by atoms with Gasteiger partial charge in [0.1, 0.15) is 0 Å². The van der Waals surface area contributed by atoms with Crippen molar-refractivity contribution in [1.29, 1.82) is 0 Å². The topological polar surface area (TPSA) is 106 Å². The Balaban J connectivity index is 0.00000324. The maximum Gasteiger partial charge on any atom is 0.240 e. The first-order valence-electron chi connectivity index (χ1n) is 5.27. The Labute approximate surface area is 119 Å². The number of rotatable bonds is 6. The number of hydrogen-bond acceptors (Lipinski definition) is 5. The molecule has 1 aromatic carbocycles. The highest BCUT2D eigenvalue weighted by atomic mass is 35.5. The van der Waals surface area contributed by atoms with Gasteiger partial charge in [-0.25, -0.2) is 21.6 Å². The number of nitrogens with two attached hydrogens (primary N) is 1. The van der Waals surface area contributed by atoms with Crippen molar-refractivity contribution in [2.24, 2.45) is 5.73 Å². The molecule has 6 nitrogen and oxygen atoms in total. The summed E-state index contributed by atoms with van der Waals surface area (Å²) in [5, 5.41) is 0. The van der Waals surface area contributed by atoms with Gasteiger partial charge in [-0.05, 0) is 31.2 Å². The third-order valence-electron chi connectivity index (χ3n) is 2.22. The Kier molecular flexibility index (Phi) is 6.95. The van der Waals surface area contributed by atoms with Gasteiger partial charge in [0, 0.05) is 12.8 Å². The van der Waals surface area contributed by atoms with E-state index >= 15 is 0 Å². The molecule has 0 spiro atoms. The van der Waals surface area contributed by atoms with Gasteiger partial charge in [0.25, 0.3) is 0 Å². The molecule has 0 heterocycles. The summed E-state index contributed by atoms with van der Waals surface area (Å²) >= 11 is 0. The summed E-state index contributed by atoms with van der Waals surface area (Å²) in [6, 6.07) is 5.24. The number of benzene rings is 1. The molecule has 0 aromatic heterocycles. The molecule has 9 heteroatoms. The molecule has 1 aromatic rings. The minimum absolute atomic E-state index is 0. The highest BCUT2D eigenvalue weighted by Crippen LogP contribution is 2.15. The summed E-state index contributed by atoms with van der Waals surface area (Å²) in [6.07, 6.45) is 1.55. The lowest BCUT2D eigenvalue weighted by atomic mass is 10.4. The molecule has 0 aliphatic heterocycles. The van der Waals surface area contributed by atoms with Crippen LogP contribution < -0.4 is 10.5 Å². The van der Waals surface area contributed by atoms with Gasteiger partial charge in [-0.2, -0.15) is 0 Å². The minimum Gasteiger partial charge on any atom is -0.330 e. The van der Waals surface area contributed by atoms with Gasteiger partial charge in [-0.3, -0.25) is 0 Å². The van der Waals surface area contributed by atoms with Crippen molar-refractivity contribution in [3.63, 3.8) is 0 Å². The van der Waals surface area contributed by atoms with Gasteiger partial charge in [-0.1, -0.05) is 6.07 Å². The van der Waals surface area contributed by atoms with E-state index in [0.29, 0.717) is 13.0 Å². The van der Waals surface area contributed by atoms with Gasteiger partial charge in [0.15, 0.2) is 9.84 Å². The van der Waals surface area contributed by atoms with Crippen LogP contribution in [-0.4, -0.2) is 36.2 Å². The predicted octanol–water partition coefficient (Wildman–Crippen LogP) is 0.139. The van der Waals surface area contributed by atoms with Crippen molar-refractivity contribution in [3.8, 4) is 0 Å². The van der Waals surface area contributed by atoms with Gasteiger partial charge < -0.3 is 5.73 Å². The van der Waals surface area contributed by atoms with Crippen LogP contribution in [0.3, 0.4) is 0 Å². The second kappa shape index (κ2) is 7.20. The van der Waals surface area contributed by atoms with Crippen LogP contribution in [0.4, 0.5) is 0 Å². The molecule has 0 saturated carbocycles. The van der Waals surface area contributed by atoms with Crippen LogP contribution in [0.2, 0.25) is 0 Å². The van der Waals surface area contributed by atoms with E-state index in [2.05, 4.69) is 4.72 Å². The fourth-order valence-electron chi connectivity index (χ4n) is 1.26. The van der Waals surface area contributed by atoms with Crippen molar-refractivity contribution in [2.75, 3.05) is 19.3 Å².